The Bertz CT molecular complexity index is 497. The third kappa shape index (κ3) is 2.65. The molecule has 2 N–H and O–H groups in total. The van der Waals surface area contributed by atoms with Crippen molar-refractivity contribution in [2.24, 2.45) is 5.73 Å². The highest BCUT2D eigenvalue weighted by molar-refractivity contribution is 5.63. The van der Waals surface area contributed by atoms with Crippen molar-refractivity contribution in [3.8, 4) is 17.1 Å². The van der Waals surface area contributed by atoms with Gasteiger partial charge in [-0.15, -0.1) is 5.10 Å². The third-order valence-corrected chi connectivity index (χ3v) is 2.70. The van der Waals surface area contributed by atoms with Gasteiger partial charge >= 0.3 is 0 Å². The van der Waals surface area contributed by atoms with E-state index in [2.05, 4.69) is 15.5 Å². The Morgan fingerprint density at radius 2 is 2.11 bits per heavy atom. The zero-order valence-electron chi connectivity index (χ0n) is 10.4. The number of rotatable bonds is 6. The summed E-state index contributed by atoms with van der Waals surface area (Å²) in [6, 6.07) is 7.71. The second kappa shape index (κ2) is 6.11. The number of aromatic nitrogens is 4. The molecule has 1 heterocycles. The first-order valence-corrected chi connectivity index (χ1v) is 5.96. The van der Waals surface area contributed by atoms with Gasteiger partial charge in [0.2, 0.25) is 0 Å². The molecule has 0 atom stereocenters. The number of methoxy groups -OCH3 is 1. The number of benzene rings is 1. The van der Waals surface area contributed by atoms with Gasteiger partial charge in [-0.3, -0.25) is 0 Å². The normalized spacial score (nSPS) is 10.6. The minimum atomic E-state index is 0.687. The van der Waals surface area contributed by atoms with Gasteiger partial charge in [-0.25, -0.2) is 4.68 Å². The standard InChI is InChI=1S/C12H17N5O/c1-18-11-7-3-2-6-10(11)12-14-15-16-17(12)9-5-4-8-13/h2-3,6-7H,4-5,8-9,13H2,1H3. The van der Waals surface area contributed by atoms with E-state index in [1.165, 1.54) is 0 Å². The van der Waals surface area contributed by atoms with E-state index >= 15 is 0 Å². The van der Waals surface area contributed by atoms with Crippen LogP contribution in [0, 0.1) is 0 Å². The van der Waals surface area contributed by atoms with Crippen LogP contribution >= 0.6 is 0 Å². The molecule has 6 nitrogen and oxygen atoms in total. The fourth-order valence-electron chi connectivity index (χ4n) is 1.78. The van der Waals surface area contributed by atoms with E-state index in [0.717, 1.165) is 36.5 Å². The summed E-state index contributed by atoms with van der Waals surface area (Å²) >= 11 is 0. The minimum absolute atomic E-state index is 0.687. The minimum Gasteiger partial charge on any atom is -0.496 e. The van der Waals surface area contributed by atoms with Gasteiger partial charge in [0.15, 0.2) is 5.82 Å². The highest BCUT2D eigenvalue weighted by Gasteiger charge is 2.12. The number of tetrazole rings is 1. The molecule has 0 fully saturated rings. The van der Waals surface area contributed by atoms with Crippen molar-refractivity contribution in [2.75, 3.05) is 13.7 Å². The molecule has 0 radical (unpaired) electrons. The van der Waals surface area contributed by atoms with E-state index in [0.29, 0.717) is 6.54 Å². The number of nitrogens with zero attached hydrogens (tertiary/aromatic N) is 4. The number of hydrogen-bond acceptors (Lipinski definition) is 5. The monoisotopic (exact) mass is 247 g/mol. The molecule has 1 aromatic heterocycles. The molecule has 0 aliphatic carbocycles. The molecule has 2 rings (SSSR count). The number of nitrogens with two attached hydrogens (primary N) is 1. The average Bonchev–Trinajstić information content (AvgIpc) is 2.87. The van der Waals surface area contributed by atoms with E-state index < -0.39 is 0 Å². The highest BCUT2D eigenvalue weighted by Crippen LogP contribution is 2.27. The van der Waals surface area contributed by atoms with Crippen LogP contribution in [0.3, 0.4) is 0 Å². The van der Waals surface area contributed by atoms with Crippen LogP contribution in [0.5, 0.6) is 5.75 Å². The number of aryl methyl sites for hydroxylation is 1. The van der Waals surface area contributed by atoms with E-state index in [1.54, 1.807) is 11.8 Å². The van der Waals surface area contributed by atoms with Crippen LogP contribution < -0.4 is 10.5 Å². The predicted octanol–water partition coefficient (Wildman–Crippen LogP) is 1.09. The third-order valence-electron chi connectivity index (χ3n) is 2.70. The van der Waals surface area contributed by atoms with Gasteiger partial charge in [-0.1, -0.05) is 12.1 Å². The van der Waals surface area contributed by atoms with Gasteiger partial charge in [-0.2, -0.15) is 0 Å². The lowest BCUT2D eigenvalue weighted by Crippen LogP contribution is -2.06. The van der Waals surface area contributed by atoms with Gasteiger partial charge in [0, 0.05) is 6.54 Å². The Morgan fingerprint density at radius 1 is 1.28 bits per heavy atom. The van der Waals surface area contributed by atoms with Gasteiger partial charge in [0.1, 0.15) is 5.75 Å². The molecule has 1 aromatic carbocycles. The van der Waals surface area contributed by atoms with Crippen molar-refractivity contribution in [1.82, 2.24) is 20.2 Å². The van der Waals surface area contributed by atoms with Gasteiger partial charge < -0.3 is 10.5 Å². The maximum Gasteiger partial charge on any atom is 0.185 e. The maximum absolute atomic E-state index is 5.48. The summed E-state index contributed by atoms with van der Waals surface area (Å²) in [6.07, 6.45) is 1.93. The molecule has 0 saturated heterocycles. The van der Waals surface area contributed by atoms with Gasteiger partial charge in [-0.05, 0) is 41.9 Å². The Kier molecular flexibility index (Phi) is 4.25. The Morgan fingerprint density at radius 3 is 2.89 bits per heavy atom. The van der Waals surface area contributed by atoms with Gasteiger partial charge in [0.05, 0.1) is 12.7 Å². The van der Waals surface area contributed by atoms with Crippen LogP contribution in [0.4, 0.5) is 0 Å². The Labute approximate surface area is 106 Å². The molecule has 0 amide bonds. The van der Waals surface area contributed by atoms with Crippen molar-refractivity contribution in [3.05, 3.63) is 24.3 Å². The summed E-state index contributed by atoms with van der Waals surface area (Å²) in [5, 5.41) is 11.8. The largest absolute Gasteiger partial charge is 0.496 e. The Hall–Kier alpha value is -1.95. The molecule has 6 heteroatoms. The summed E-state index contributed by atoms with van der Waals surface area (Å²) in [5.74, 6) is 1.50. The number of ether oxygens (including phenoxy) is 1. The quantitative estimate of drug-likeness (QED) is 0.773. The van der Waals surface area contributed by atoms with E-state index in [1.807, 2.05) is 24.3 Å². The average molecular weight is 247 g/mol. The lowest BCUT2D eigenvalue weighted by molar-refractivity contribution is 0.415. The SMILES string of the molecule is COc1ccccc1-c1nnnn1CCCCN. The van der Waals surface area contributed by atoms with Crippen molar-refractivity contribution in [2.45, 2.75) is 19.4 Å². The fourth-order valence-corrected chi connectivity index (χ4v) is 1.78. The first-order chi connectivity index (χ1) is 8.86. The van der Waals surface area contributed by atoms with E-state index in [4.69, 9.17) is 10.5 Å². The topological polar surface area (TPSA) is 78.9 Å². The van der Waals surface area contributed by atoms with Crippen molar-refractivity contribution >= 4 is 0 Å². The maximum atomic E-state index is 5.48. The van der Waals surface area contributed by atoms with Crippen LogP contribution in [0.1, 0.15) is 12.8 Å². The lowest BCUT2D eigenvalue weighted by atomic mass is 10.2. The molecule has 18 heavy (non-hydrogen) atoms. The van der Waals surface area contributed by atoms with Crippen molar-refractivity contribution < 1.29 is 4.74 Å². The molecule has 0 bridgehead atoms. The molecule has 0 unspecified atom stereocenters. The van der Waals surface area contributed by atoms with Crippen LogP contribution in [0.2, 0.25) is 0 Å². The van der Waals surface area contributed by atoms with E-state index in [-0.39, 0.29) is 0 Å². The molecule has 0 spiro atoms. The first-order valence-electron chi connectivity index (χ1n) is 5.96. The number of hydrogen-bond donors (Lipinski definition) is 1. The second-order valence-corrected chi connectivity index (χ2v) is 3.92. The van der Waals surface area contributed by atoms with Crippen LogP contribution in [-0.2, 0) is 6.54 Å². The van der Waals surface area contributed by atoms with E-state index in [9.17, 15) is 0 Å². The smallest absolute Gasteiger partial charge is 0.185 e. The first kappa shape index (κ1) is 12.5. The second-order valence-electron chi connectivity index (χ2n) is 3.92. The molecule has 0 saturated carbocycles. The lowest BCUT2D eigenvalue weighted by Gasteiger charge is -2.08. The van der Waals surface area contributed by atoms with Crippen molar-refractivity contribution in [3.63, 3.8) is 0 Å². The molecule has 0 aliphatic heterocycles. The zero-order valence-corrected chi connectivity index (χ0v) is 10.4. The molecule has 96 valence electrons. The molecule has 0 aliphatic rings. The predicted molar refractivity (Wildman–Crippen MR) is 68.1 cm³/mol. The zero-order chi connectivity index (χ0) is 12.8. The summed E-state index contributed by atoms with van der Waals surface area (Å²) in [6.45, 7) is 1.45. The number of para-hydroxylation sites is 1. The van der Waals surface area contributed by atoms with Crippen LogP contribution in [0.15, 0.2) is 24.3 Å². The highest BCUT2D eigenvalue weighted by atomic mass is 16.5. The molecule has 2 aromatic rings. The fraction of sp³-hybridized carbons (Fsp3) is 0.417. The van der Waals surface area contributed by atoms with Gasteiger partial charge in [0.25, 0.3) is 0 Å². The Balaban J connectivity index is 2.25. The summed E-state index contributed by atoms with van der Waals surface area (Å²) < 4.78 is 7.11. The van der Waals surface area contributed by atoms with Crippen molar-refractivity contribution in [1.29, 1.82) is 0 Å². The molecular weight excluding hydrogens is 230 g/mol. The summed E-state index contributed by atoms with van der Waals surface area (Å²) in [4.78, 5) is 0. The number of unbranched alkanes of at least 4 members (excludes halogenated alkanes) is 1. The molecular formula is C12H17N5O. The van der Waals surface area contributed by atoms with Crippen LogP contribution in [0.25, 0.3) is 11.4 Å². The summed E-state index contributed by atoms with van der Waals surface area (Å²) in [7, 11) is 1.64. The van der Waals surface area contributed by atoms with Crippen LogP contribution in [-0.4, -0.2) is 33.9 Å². The summed E-state index contributed by atoms with van der Waals surface area (Å²) in [5.41, 5.74) is 6.38.